The van der Waals surface area contributed by atoms with Gasteiger partial charge in [-0.3, -0.25) is 4.79 Å². The molecular formula is C13H19NO4. The molecular weight excluding hydrogens is 234 g/mol. The van der Waals surface area contributed by atoms with Gasteiger partial charge in [0, 0.05) is 19.3 Å². The first-order valence-electron chi connectivity index (χ1n) is 5.98. The lowest BCUT2D eigenvalue weighted by molar-refractivity contribution is 0.0693. The molecule has 0 aromatic carbocycles. The fourth-order valence-corrected chi connectivity index (χ4v) is 1.66. The highest BCUT2D eigenvalue weighted by Crippen LogP contribution is 2.02. The summed E-state index contributed by atoms with van der Waals surface area (Å²) in [5.41, 5.74) is -0.114. The van der Waals surface area contributed by atoms with Gasteiger partial charge in [-0.2, -0.15) is 0 Å². The summed E-state index contributed by atoms with van der Waals surface area (Å²) in [6.07, 6.45) is 2.47. The fourth-order valence-electron chi connectivity index (χ4n) is 1.66. The number of aromatic nitrogens is 1. The largest absolute Gasteiger partial charge is 0.477 e. The molecule has 0 aliphatic rings. The minimum absolute atomic E-state index is 0.151. The van der Waals surface area contributed by atoms with E-state index in [0.717, 1.165) is 0 Å². The van der Waals surface area contributed by atoms with E-state index in [9.17, 15) is 9.59 Å². The van der Waals surface area contributed by atoms with E-state index < -0.39 is 11.5 Å². The van der Waals surface area contributed by atoms with Gasteiger partial charge in [-0.15, -0.1) is 0 Å². The Labute approximate surface area is 106 Å². The maximum Gasteiger partial charge on any atom is 0.341 e. The first-order valence-corrected chi connectivity index (χ1v) is 5.98. The van der Waals surface area contributed by atoms with Crippen LogP contribution in [0.15, 0.2) is 17.1 Å². The van der Waals surface area contributed by atoms with Gasteiger partial charge in [0.2, 0.25) is 0 Å². The van der Waals surface area contributed by atoms with Crippen molar-refractivity contribution >= 4 is 5.97 Å². The summed E-state index contributed by atoms with van der Waals surface area (Å²) < 4.78 is 6.79. The maximum atomic E-state index is 11.9. The van der Waals surface area contributed by atoms with E-state index in [4.69, 9.17) is 9.84 Å². The highest BCUT2D eigenvalue weighted by atomic mass is 16.5. The second kappa shape index (κ2) is 6.35. The monoisotopic (exact) mass is 253 g/mol. The average molecular weight is 253 g/mol. The molecule has 1 heterocycles. The first-order chi connectivity index (χ1) is 8.43. The Morgan fingerprint density at radius 3 is 2.72 bits per heavy atom. The summed E-state index contributed by atoms with van der Waals surface area (Å²) in [4.78, 5) is 22.9. The summed E-state index contributed by atoms with van der Waals surface area (Å²) in [5, 5.41) is 8.98. The van der Waals surface area contributed by atoms with Gasteiger partial charge < -0.3 is 14.4 Å². The van der Waals surface area contributed by atoms with Crippen molar-refractivity contribution in [3.05, 3.63) is 33.7 Å². The van der Waals surface area contributed by atoms with E-state index in [1.165, 1.54) is 4.57 Å². The number of carboxylic acids is 1. The number of carboxylic acid groups (broad SMARTS) is 1. The van der Waals surface area contributed by atoms with Crippen LogP contribution in [-0.4, -0.2) is 28.4 Å². The second-order valence-electron chi connectivity index (χ2n) is 4.45. The van der Waals surface area contributed by atoms with Gasteiger partial charge in [0.1, 0.15) is 5.56 Å². The zero-order chi connectivity index (χ0) is 13.7. The maximum absolute atomic E-state index is 11.9. The number of rotatable bonds is 6. The topological polar surface area (TPSA) is 68.5 Å². The Hall–Kier alpha value is -1.62. The van der Waals surface area contributed by atoms with E-state index in [2.05, 4.69) is 0 Å². The van der Waals surface area contributed by atoms with Gasteiger partial charge in [-0.1, -0.05) is 0 Å². The molecule has 5 nitrogen and oxygen atoms in total. The highest BCUT2D eigenvalue weighted by Gasteiger charge is 2.13. The van der Waals surface area contributed by atoms with Gasteiger partial charge in [0.05, 0.1) is 6.10 Å². The highest BCUT2D eigenvalue weighted by molar-refractivity contribution is 5.88. The Kier molecular flexibility index (Phi) is 5.09. The normalized spacial score (nSPS) is 10.9. The number of hydrogen-bond donors (Lipinski definition) is 1. The standard InChI is InChI=1S/C13H19NO4/c1-9(2)18-8-4-6-14-7-5-10(3)11(12(14)15)13(16)17/h5,7,9H,4,6,8H2,1-3H3,(H,16,17). The van der Waals surface area contributed by atoms with Crippen molar-refractivity contribution in [3.8, 4) is 0 Å². The zero-order valence-electron chi connectivity index (χ0n) is 11.0. The average Bonchev–Trinajstić information content (AvgIpc) is 2.26. The third-order valence-electron chi connectivity index (χ3n) is 2.58. The SMILES string of the molecule is Cc1ccn(CCCOC(C)C)c(=O)c1C(=O)O. The molecule has 0 atom stereocenters. The minimum Gasteiger partial charge on any atom is -0.477 e. The fraction of sp³-hybridized carbons (Fsp3) is 0.538. The molecule has 5 heteroatoms. The summed E-state index contributed by atoms with van der Waals surface area (Å²) in [6, 6.07) is 1.65. The van der Waals surface area contributed by atoms with Crippen molar-refractivity contribution < 1.29 is 14.6 Å². The lowest BCUT2D eigenvalue weighted by Gasteiger charge is -2.10. The van der Waals surface area contributed by atoms with Crippen molar-refractivity contribution in [3.63, 3.8) is 0 Å². The Morgan fingerprint density at radius 2 is 2.17 bits per heavy atom. The molecule has 0 aliphatic heterocycles. The Balaban J connectivity index is 2.76. The van der Waals surface area contributed by atoms with Crippen LogP contribution in [-0.2, 0) is 11.3 Å². The number of hydrogen-bond acceptors (Lipinski definition) is 3. The molecule has 0 saturated heterocycles. The Morgan fingerprint density at radius 1 is 1.50 bits per heavy atom. The van der Waals surface area contributed by atoms with Crippen molar-refractivity contribution in [2.45, 2.75) is 39.8 Å². The summed E-state index contributed by atoms with van der Waals surface area (Å²) in [5.74, 6) is -1.18. The molecule has 1 aromatic heterocycles. The molecule has 1 aromatic rings. The predicted molar refractivity (Wildman–Crippen MR) is 68.1 cm³/mol. The number of aryl methyl sites for hydroxylation is 2. The summed E-state index contributed by atoms with van der Waals surface area (Å²) in [6.45, 7) is 6.53. The van der Waals surface area contributed by atoms with Crippen LogP contribution in [0.5, 0.6) is 0 Å². The van der Waals surface area contributed by atoms with Crippen LogP contribution in [0.1, 0.15) is 36.2 Å². The number of ether oxygens (including phenoxy) is 1. The molecule has 0 amide bonds. The van der Waals surface area contributed by atoms with Gasteiger partial charge in [0.15, 0.2) is 0 Å². The quantitative estimate of drug-likeness (QED) is 0.783. The molecule has 0 fully saturated rings. The summed E-state index contributed by atoms with van der Waals surface area (Å²) >= 11 is 0. The minimum atomic E-state index is -1.18. The number of pyridine rings is 1. The van der Waals surface area contributed by atoms with E-state index in [-0.39, 0.29) is 11.7 Å². The molecule has 1 N–H and O–H groups in total. The third kappa shape index (κ3) is 3.70. The molecule has 0 spiro atoms. The number of carbonyl (C=O) groups is 1. The molecule has 0 unspecified atom stereocenters. The van der Waals surface area contributed by atoms with E-state index in [1.807, 2.05) is 13.8 Å². The third-order valence-corrected chi connectivity index (χ3v) is 2.58. The lowest BCUT2D eigenvalue weighted by Crippen LogP contribution is -2.27. The van der Waals surface area contributed by atoms with Crippen LogP contribution in [0.2, 0.25) is 0 Å². The first kappa shape index (κ1) is 14.4. The molecule has 0 radical (unpaired) electrons. The van der Waals surface area contributed by atoms with E-state index in [1.54, 1.807) is 19.2 Å². The van der Waals surface area contributed by atoms with Crippen molar-refractivity contribution in [1.82, 2.24) is 4.57 Å². The van der Waals surface area contributed by atoms with Crippen LogP contribution in [0, 0.1) is 6.92 Å². The van der Waals surface area contributed by atoms with E-state index >= 15 is 0 Å². The smallest absolute Gasteiger partial charge is 0.341 e. The number of nitrogens with zero attached hydrogens (tertiary/aromatic N) is 1. The molecule has 100 valence electrons. The lowest BCUT2D eigenvalue weighted by atomic mass is 10.1. The van der Waals surface area contributed by atoms with Crippen LogP contribution in [0.4, 0.5) is 0 Å². The van der Waals surface area contributed by atoms with Gasteiger partial charge in [0.25, 0.3) is 5.56 Å². The molecule has 0 bridgehead atoms. The van der Waals surface area contributed by atoms with Gasteiger partial charge in [-0.05, 0) is 38.8 Å². The van der Waals surface area contributed by atoms with E-state index in [0.29, 0.717) is 25.1 Å². The predicted octanol–water partition coefficient (Wildman–Crippen LogP) is 1.67. The molecule has 1 rings (SSSR count). The zero-order valence-corrected chi connectivity index (χ0v) is 11.0. The van der Waals surface area contributed by atoms with Gasteiger partial charge in [-0.25, -0.2) is 4.79 Å². The van der Waals surface area contributed by atoms with Crippen LogP contribution < -0.4 is 5.56 Å². The van der Waals surface area contributed by atoms with Gasteiger partial charge >= 0.3 is 5.97 Å². The number of aromatic carboxylic acids is 1. The van der Waals surface area contributed by atoms with Crippen molar-refractivity contribution in [2.75, 3.05) is 6.61 Å². The molecule has 18 heavy (non-hydrogen) atoms. The summed E-state index contributed by atoms with van der Waals surface area (Å²) in [7, 11) is 0. The van der Waals surface area contributed by atoms with Crippen molar-refractivity contribution in [2.24, 2.45) is 0 Å². The second-order valence-corrected chi connectivity index (χ2v) is 4.45. The Bertz CT molecular complexity index is 476. The van der Waals surface area contributed by atoms with Crippen LogP contribution >= 0.6 is 0 Å². The van der Waals surface area contributed by atoms with Crippen LogP contribution in [0.3, 0.4) is 0 Å². The molecule has 0 aliphatic carbocycles. The van der Waals surface area contributed by atoms with Crippen molar-refractivity contribution in [1.29, 1.82) is 0 Å². The molecule has 0 saturated carbocycles. The van der Waals surface area contributed by atoms with Crippen LogP contribution in [0.25, 0.3) is 0 Å².